The van der Waals surface area contributed by atoms with Gasteiger partial charge in [0.15, 0.2) is 0 Å². The summed E-state index contributed by atoms with van der Waals surface area (Å²) >= 11 is 0. The van der Waals surface area contributed by atoms with Gasteiger partial charge in [0, 0.05) is 0 Å². The molecule has 0 aliphatic carbocycles. The molecule has 0 atom stereocenters. The molecule has 6 heteroatoms. The summed E-state index contributed by atoms with van der Waals surface area (Å²) in [5.74, 6) is 0. The van der Waals surface area contributed by atoms with Crippen molar-refractivity contribution >= 4 is 12.3 Å². The molecule has 0 aromatic carbocycles. The van der Waals surface area contributed by atoms with Crippen molar-refractivity contribution in [2.45, 2.75) is 0 Å². The lowest BCUT2D eigenvalue weighted by molar-refractivity contribution is -0.0113. The largest absolute Gasteiger partial charge is 0.518 e. The van der Waals surface area contributed by atoms with Crippen molar-refractivity contribution in [2.75, 3.05) is 26.4 Å². The first-order valence-electron chi connectivity index (χ1n) is 3.38. The molecule has 0 amide bonds. The number of carbonyl (C=O) groups excluding carboxylic acids is 2. The zero-order chi connectivity index (χ0) is 8.81. The van der Waals surface area contributed by atoms with E-state index in [2.05, 4.69) is 14.2 Å². The highest BCUT2D eigenvalue weighted by atomic mass is 16.8. The van der Waals surface area contributed by atoms with E-state index >= 15 is 0 Å². The van der Waals surface area contributed by atoms with Crippen molar-refractivity contribution in [3.05, 3.63) is 0 Å². The lowest BCUT2D eigenvalue weighted by atomic mass is 10.7. The summed E-state index contributed by atoms with van der Waals surface area (Å²) in [5, 5.41) is 0. The molecule has 0 aromatic rings. The first kappa shape index (κ1) is 8.79. The molecule has 1 rings (SSSR count). The summed E-state index contributed by atoms with van der Waals surface area (Å²) in [6, 6.07) is 0. The van der Waals surface area contributed by atoms with Gasteiger partial charge >= 0.3 is 12.3 Å². The average molecular weight is 176 g/mol. The molecule has 1 fully saturated rings. The minimum atomic E-state index is -1.06. The van der Waals surface area contributed by atoms with Crippen molar-refractivity contribution in [3.8, 4) is 0 Å². The molecule has 12 heavy (non-hydrogen) atoms. The Morgan fingerprint density at radius 1 is 0.833 bits per heavy atom. The van der Waals surface area contributed by atoms with Gasteiger partial charge < -0.3 is 18.9 Å². The van der Waals surface area contributed by atoms with Gasteiger partial charge in [-0.25, -0.2) is 9.59 Å². The Bertz CT molecular complexity index is 159. The second kappa shape index (κ2) is 4.55. The van der Waals surface area contributed by atoms with Crippen LogP contribution in [0.4, 0.5) is 9.59 Å². The third-order valence-corrected chi connectivity index (χ3v) is 1.06. The van der Waals surface area contributed by atoms with Crippen LogP contribution in [0.2, 0.25) is 0 Å². The molecular weight excluding hydrogens is 168 g/mol. The van der Waals surface area contributed by atoms with Gasteiger partial charge in [-0.05, 0) is 0 Å². The summed E-state index contributed by atoms with van der Waals surface area (Å²) < 4.78 is 17.7. The van der Waals surface area contributed by atoms with E-state index in [0.29, 0.717) is 0 Å². The highest BCUT2D eigenvalue weighted by Crippen LogP contribution is 1.93. The van der Waals surface area contributed by atoms with E-state index in [1.165, 1.54) is 0 Å². The van der Waals surface area contributed by atoms with Gasteiger partial charge in [0.25, 0.3) is 0 Å². The lowest BCUT2D eigenvalue weighted by Crippen LogP contribution is -2.21. The number of rotatable bonds is 0. The monoisotopic (exact) mass is 176 g/mol. The fourth-order valence-electron chi connectivity index (χ4n) is 0.597. The highest BCUT2D eigenvalue weighted by Gasteiger charge is 2.13. The molecule has 0 N–H and O–H groups in total. The number of hydrogen-bond acceptors (Lipinski definition) is 6. The second-order valence-corrected chi connectivity index (χ2v) is 1.91. The van der Waals surface area contributed by atoms with Crippen LogP contribution in [-0.2, 0) is 18.9 Å². The first-order chi connectivity index (χ1) is 5.79. The lowest BCUT2D eigenvalue weighted by Gasteiger charge is -2.09. The second-order valence-electron chi connectivity index (χ2n) is 1.91. The highest BCUT2D eigenvalue weighted by molar-refractivity contribution is 5.76. The molecule has 1 aliphatic heterocycles. The topological polar surface area (TPSA) is 71.1 Å². The van der Waals surface area contributed by atoms with E-state index in [1.807, 2.05) is 0 Å². The Balaban J connectivity index is 2.34. The fraction of sp³-hybridized carbons (Fsp3) is 0.667. The maximum Gasteiger partial charge on any atom is 0.518 e. The normalized spacial score (nSPS) is 20.3. The maximum absolute atomic E-state index is 10.5. The third-order valence-electron chi connectivity index (χ3n) is 1.06. The summed E-state index contributed by atoms with van der Waals surface area (Å²) in [7, 11) is 0. The number of hydrogen-bond donors (Lipinski definition) is 0. The van der Waals surface area contributed by atoms with E-state index in [9.17, 15) is 9.59 Å². The molecule has 1 saturated heterocycles. The van der Waals surface area contributed by atoms with Crippen molar-refractivity contribution < 1.29 is 28.5 Å². The van der Waals surface area contributed by atoms with E-state index < -0.39 is 12.3 Å². The smallest absolute Gasteiger partial charge is 0.431 e. The van der Waals surface area contributed by atoms with E-state index in [1.54, 1.807) is 0 Å². The molecular formula is C6H8O6. The predicted octanol–water partition coefficient (Wildman–Crippen LogP) is 0.306. The fourth-order valence-corrected chi connectivity index (χ4v) is 0.597. The molecule has 0 bridgehead atoms. The SMILES string of the molecule is O=C1OCCOCCOC(=O)O1. The molecule has 1 heterocycles. The summed E-state index contributed by atoms with van der Waals surface area (Å²) in [4.78, 5) is 21.0. The van der Waals surface area contributed by atoms with Crippen molar-refractivity contribution in [3.63, 3.8) is 0 Å². The van der Waals surface area contributed by atoms with Crippen molar-refractivity contribution in [1.29, 1.82) is 0 Å². The van der Waals surface area contributed by atoms with Crippen LogP contribution >= 0.6 is 0 Å². The Labute approximate surface area is 68.3 Å². The van der Waals surface area contributed by atoms with Crippen LogP contribution in [0.3, 0.4) is 0 Å². The van der Waals surface area contributed by atoms with Crippen molar-refractivity contribution in [1.82, 2.24) is 0 Å². The Morgan fingerprint density at radius 3 is 1.83 bits per heavy atom. The molecule has 1 aliphatic rings. The zero-order valence-corrected chi connectivity index (χ0v) is 6.28. The van der Waals surface area contributed by atoms with Crippen LogP contribution < -0.4 is 0 Å². The molecule has 0 radical (unpaired) electrons. The summed E-state index contributed by atoms with van der Waals surface area (Å²) in [6.45, 7) is 0.692. The number of ether oxygens (including phenoxy) is 4. The van der Waals surface area contributed by atoms with Crippen LogP contribution in [0, 0.1) is 0 Å². The Hall–Kier alpha value is -1.30. The minimum absolute atomic E-state index is 0.0755. The van der Waals surface area contributed by atoms with Gasteiger partial charge in [0.05, 0.1) is 13.2 Å². The van der Waals surface area contributed by atoms with Gasteiger partial charge in [-0.2, -0.15) is 0 Å². The molecule has 0 aromatic heterocycles. The van der Waals surface area contributed by atoms with Crippen LogP contribution in [0.5, 0.6) is 0 Å². The number of cyclic esters (lactones) is 4. The average Bonchev–Trinajstić information content (AvgIpc) is 2.02. The van der Waals surface area contributed by atoms with E-state index in [-0.39, 0.29) is 26.4 Å². The van der Waals surface area contributed by atoms with Gasteiger partial charge in [0.2, 0.25) is 0 Å². The van der Waals surface area contributed by atoms with E-state index in [4.69, 9.17) is 4.74 Å². The molecule has 6 nitrogen and oxygen atoms in total. The quantitative estimate of drug-likeness (QED) is 0.390. The van der Waals surface area contributed by atoms with Gasteiger partial charge in [-0.3, -0.25) is 0 Å². The molecule has 0 saturated carbocycles. The summed E-state index contributed by atoms with van der Waals surface area (Å²) in [5.41, 5.74) is 0. The van der Waals surface area contributed by atoms with Crippen LogP contribution in [0.25, 0.3) is 0 Å². The van der Waals surface area contributed by atoms with Gasteiger partial charge in [0.1, 0.15) is 13.2 Å². The minimum Gasteiger partial charge on any atom is -0.431 e. The van der Waals surface area contributed by atoms with Crippen LogP contribution in [0.1, 0.15) is 0 Å². The standard InChI is InChI=1S/C6H8O6/c7-5-10-3-1-9-2-4-11-6(8)12-5/h1-4H2. The third kappa shape index (κ3) is 3.20. The van der Waals surface area contributed by atoms with Crippen LogP contribution in [-0.4, -0.2) is 38.7 Å². The van der Waals surface area contributed by atoms with Gasteiger partial charge in [-0.15, -0.1) is 0 Å². The molecule has 0 unspecified atom stereocenters. The summed E-state index contributed by atoms with van der Waals surface area (Å²) in [6.07, 6.45) is -2.13. The maximum atomic E-state index is 10.5. The molecule has 68 valence electrons. The van der Waals surface area contributed by atoms with Gasteiger partial charge in [-0.1, -0.05) is 0 Å². The van der Waals surface area contributed by atoms with E-state index in [0.717, 1.165) is 0 Å². The first-order valence-corrected chi connectivity index (χ1v) is 3.38. The van der Waals surface area contributed by atoms with Crippen molar-refractivity contribution in [2.24, 2.45) is 0 Å². The van der Waals surface area contributed by atoms with Crippen LogP contribution in [0.15, 0.2) is 0 Å². The Morgan fingerprint density at radius 2 is 1.33 bits per heavy atom. The Kier molecular flexibility index (Phi) is 3.34. The predicted molar refractivity (Wildman–Crippen MR) is 34.6 cm³/mol. The zero-order valence-electron chi connectivity index (χ0n) is 6.28. The molecule has 0 spiro atoms. The number of carbonyl (C=O) groups is 2.